The number of halogens is 3. The van der Waals surface area contributed by atoms with Gasteiger partial charge in [-0.15, -0.1) is 0 Å². The number of Topliss-reactive ketones (excluding diaryl/α,β-unsaturated/α-hetero) is 1. The number of ketones is 1. The van der Waals surface area contributed by atoms with Gasteiger partial charge in [0.25, 0.3) is 0 Å². The molecule has 21 heavy (non-hydrogen) atoms. The first-order valence-corrected chi connectivity index (χ1v) is 6.33. The highest BCUT2D eigenvalue weighted by Gasteiger charge is 2.20. The monoisotopic (exact) mass is 294 g/mol. The fourth-order valence-electron chi connectivity index (χ4n) is 1.81. The topological polar surface area (TPSA) is 26.3 Å². The van der Waals surface area contributed by atoms with Crippen LogP contribution in [0.15, 0.2) is 42.5 Å². The van der Waals surface area contributed by atoms with Crippen LogP contribution >= 0.6 is 0 Å². The Morgan fingerprint density at radius 2 is 1.81 bits per heavy atom. The summed E-state index contributed by atoms with van der Waals surface area (Å²) >= 11 is 0. The second kappa shape index (κ2) is 6.54. The zero-order chi connectivity index (χ0) is 15.4. The van der Waals surface area contributed by atoms with E-state index in [0.29, 0.717) is 11.6 Å². The van der Waals surface area contributed by atoms with Crippen LogP contribution < -0.4 is 0 Å². The van der Waals surface area contributed by atoms with Crippen molar-refractivity contribution >= 4 is 5.78 Å². The quantitative estimate of drug-likeness (QED) is 0.782. The van der Waals surface area contributed by atoms with Gasteiger partial charge < -0.3 is 4.74 Å². The van der Waals surface area contributed by atoms with Crippen molar-refractivity contribution in [3.63, 3.8) is 0 Å². The predicted molar refractivity (Wildman–Crippen MR) is 71.3 cm³/mol. The van der Waals surface area contributed by atoms with Crippen LogP contribution in [0, 0.1) is 17.5 Å². The summed E-state index contributed by atoms with van der Waals surface area (Å²) in [7, 11) is 0. The smallest absolute Gasteiger partial charge is 0.194 e. The highest BCUT2D eigenvalue weighted by Crippen LogP contribution is 2.15. The van der Waals surface area contributed by atoms with E-state index in [-0.39, 0.29) is 12.2 Å². The summed E-state index contributed by atoms with van der Waals surface area (Å²) in [4.78, 5) is 12.0. The summed E-state index contributed by atoms with van der Waals surface area (Å²) in [6.07, 6.45) is -0.968. The molecule has 110 valence electrons. The predicted octanol–water partition coefficient (Wildman–Crippen LogP) is 3.89. The average Bonchev–Trinajstić information content (AvgIpc) is 2.45. The van der Waals surface area contributed by atoms with Gasteiger partial charge >= 0.3 is 0 Å². The molecular weight excluding hydrogens is 281 g/mol. The summed E-state index contributed by atoms with van der Waals surface area (Å²) < 4.78 is 45.0. The van der Waals surface area contributed by atoms with Gasteiger partial charge in [-0.05, 0) is 25.1 Å². The van der Waals surface area contributed by atoms with E-state index in [2.05, 4.69) is 0 Å². The van der Waals surface area contributed by atoms with E-state index in [1.54, 1.807) is 12.1 Å². The second-order valence-electron chi connectivity index (χ2n) is 4.53. The Kier molecular flexibility index (Phi) is 4.75. The first-order valence-electron chi connectivity index (χ1n) is 6.33. The number of carbonyl (C=O) groups excluding carboxylic acids is 1. The standard InChI is InChI=1S/C16H13F3O2/c1-10(21-9-11-4-2-3-5-14(11)18)16(20)13-7-6-12(17)8-15(13)19/h2-8,10H,9H2,1H3. The molecule has 0 aliphatic heterocycles. The van der Waals surface area contributed by atoms with Gasteiger partial charge in [-0.25, -0.2) is 13.2 Å². The van der Waals surface area contributed by atoms with Crippen molar-refractivity contribution in [3.05, 3.63) is 71.0 Å². The number of benzene rings is 2. The molecule has 0 amide bonds. The molecule has 0 heterocycles. The van der Waals surface area contributed by atoms with Crippen molar-refractivity contribution in [1.82, 2.24) is 0 Å². The molecule has 1 atom stereocenters. The van der Waals surface area contributed by atoms with Crippen LogP contribution in [0.25, 0.3) is 0 Å². The lowest BCUT2D eigenvalue weighted by atomic mass is 10.1. The molecule has 2 aromatic carbocycles. The number of hydrogen-bond donors (Lipinski definition) is 0. The van der Waals surface area contributed by atoms with Crippen molar-refractivity contribution in [1.29, 1.82) is 0 Å². The van der Waals surface area contributed by atoms with Crippen LogP contribution in [-0.2, 0) is 11.3 Å². The van der Waals surface area contributed by atoms with Crippen molar-refractivity contribution < 1.29 is 22.7 Å². The Morgan fingerprint density at radius 3 is 2.48 bits per heavy atom. The Bertz CT molecular complexity index is 656. The number of ether oxygens (including phenoxy) is 1. The SMILES string of the molecule is CC(OCc1ccccc1F)C(=O)c1ccc(F)cc1F. The van der Waals surface area contributed by atoms with Gasteiger partial charge in [-0.2, -0.15) is 0 Å². The van der Waals surface area contributed by atoms with E-state index in [9.17, 15) is 18.0 Å². The van der Waals surface area contributed by atoms with E-state index in [1.165, 1.54) is 19.1 Å². The molecule has 0 N–H and O–H groups in total. The largest absolute Gasteiger partial charge is 0.366 e. The maximum Gasteiger partial charge on any atom is 0.194 e. The molecule has 1 unspecified atom stereocenters. The van der Waals surface area contributed by atoms with E-state index >= 15 is 0 Å². The fourth-order valence-corrected chi connectivity index (χ4v) is 1.81. The maximum absolute atomic E-state index is 13.5. The highest BCUT2D eigenvalue weighted by molar-refractivity contribution is 5.99. The summed E-state index contributed by atoms with van der Waals surface area (Å²) in [6.45, 7) is 1.33. The summed E-state index contributed by atoms with van der Waals surface area (Å²) in [5.41, 5.74) is 0.0501. The Hall–Kier alpha value is -2.14. The van der Waals surface area contributed by atoms with Gasteiger partial charge in [0.2, 0.25) is 0 Å². The van der Waals surface area contributed by atoms with Crippen molar-refractivity contribution in [3.8, 4) is 0 Å². The van der Waals surface area contributed by atoms with Crippen LogP contribution in [0.3, 0.4) is 0 Å². The maximum atomic E-state index is 13.5. The third kappa shape index (κ3) is 3.70. The van der Waals surface area contributed by atoms with Crippen LogP contribution in [0.4, 0.5) is 13.2 Å². The molecule has 0 aliphatic rings. The molecular formula is C16H13F3O2. The first kappa shape index (κ1) is 15.3. The Balaban J connectivity index is 2.04. The molecule has 0 aromatic heterocycles. The molecule has 2 aromatic rings. The number of carbonyl (C=O) groups is 1. The van der Waals surface area contributed by atoms with Gasteiger partial charge in [0.05, 0.1) is 12.2 Å². The minimum Gasteiger partial charge on any atom is -0.366 e. The lowest BCUT2D eigenvalue weighted by Gasteiger charge is -2.13. The molecule has 2 nitrogen and oxygen atoms in total. The normalized spacial score (nSPS) is 12.2. The van der Waals surface area contributed by atoms with Gasteiger partial charge in [-0.3, -0.25) is 4.79 Å². The number of rotatable bonds is 5. The van der Waals surface area contributed by atoms with Crippen molar-refractivity contribution in [2.75, 3.05) is 0 Å². The molecule has 0 aliphatic carbocycles. The molecule has 0 bridgehead atoms. The Labute approximate surface area is 120 Å². The van der Waals surface area contributed by atoms with Gasteiger partial charge in [0.1, 0.15) is 23.6 Å². The minimum atomic E-state index is -0.968. The summed E-state index contributed by atoms with van der Waals surface area (Å²) in [5.74, 6) is -2.76. The van der Waals surface area contributed by atoms with Crippen LogP contribution in [0.5, 0.6) is 0 Å². The van der Waals surface area contributed by atoms with Crippen LogP contribution in [-0.4, -0.2) is 11.9 Å². The van der Waals surface area contributed by atoms with E-state index < -0.39 is 29.3 Å². The van der Waals surface area contributed by atoms with Crippen molar-refractivity contribution in [2.24, 2.45) is 0 Å². The fraction of sp³-hybridized carbons (Fsp3) is 0.188. The van der Waals surface area contributed by atoms with Crippen LogP contribution in [0.1, 0.15) is 22.8 Å². The lowest BCUT2D eigenvalue weighted by molar-refractivity contribution is 0.0400. The summed E-state index contributed by atoms with van der Waals surface area (Å²) in [6, 6.07) is 8.71. The van der Waals surface area contributed by atoms with E-state index in [4.69, 9.17) is 4.74 Å². The third-order valence-corrected chi connectivity index (χ3v) is 3.01. The molecule has 2 rings (SSSR count). The Morgan fingerprint density at radius 1 is 1.10 bits per heavy atom. The van der Waals surface area contributed by atoms with Crippen molar-refractivity contribution in [2.45, 2.75) is 19.6 Å². The molecule has 0 radical (unpaired) electrons. The molecule has 0 spiro atoms. The molecule has 0 saturated heterocycles. The number of hydrogen-bond acceptors (Lipinski definition) is 2. The van der Waals surface area contributed by atoms with E-state index in [0.717, 1.165) is 12.1 Å². The van der Waals surface area contributed by atoms with Crippen LogP contribution in [0.2, 0.25) is 0 Å². The van der Waals surface area contributed by atoms with E-state index in [1.807, 2.05) is 0 Å². The lowest BCUT2D eigenvalue weighted by Crippen LogP contribution is -2.22. The van der Waals surface area contributed by atoms with Gasteiger partial charge in [-0.1, -0.05) is 18.2 Å². The molecule has 5 heteroatoms. The molecule has 0 fully saturated rings. The zero-order valence-electron chi connectivity index (χ0n) is 11.3. The average molecular weight is 294 g/mol. The summed E-state index contributed by atoms with van der Waals surface area (Å²) in [5, 5.41) is 0. The van der Waals surface area contributed by atoms with Gasteiger partial charge in [0.15, 0.2) is 5.78 Å². The van der Waals surface area contributed by atoms with Gasteiger partial charge in [0, 0.05) is 11.6 Å². The third-order valence-electron chi connectivity index (χ3n) is 3.01. The zero-order valence-corrected chi connectivity index (χ0v) is 11.3. The molecule has 0 saturated carbocycles. The highest BCUT2D eigenvalue weighted by atomic mass is 19.1. The minimum absolute atomic E-state index is 0.109. The first-order chi connectivity index (χ1) is 9.99. The second-order valence-corrected chi connectivity index (χ2v) is 4.53.